The molecule has 2 aliphatic heterocycles. The molecule has 2 aliphatic rings. The van der Waals surface area contributed by atoms with Gasteiger partial charge in [-0.2, -0.15) is 0 Å². The second-order valence-electron chi connectivity index (χ2n) is 13.7. The fourth-order valence-corrected chi connectivity index (χ4v) is 8.59. The molecule has 52 heavy (non-hydrogen) atoms. The van der Waals surface area contributed by atoms with Crippen molar-refractivity contribution in [2.45, 2.75) is 0 Å². The van der Waals surface area contributed by atoms with E-state index in [1.54, 1.807) is 0 Å². The van der Waals surface area contributed by atoms with Crippen molar-refractivity contribution in [2.75, 3.05) is 0 Å². The zero-order chi connectivity index (χ0) is 33.9. The van der Waals surface area contributed by atoms with Crippen molar-refractivity contribution in [3.05, 3.63) is 170 Å². The van der Waals surface area contributed by atoms with Crippen molar-refractivity contribution < 1.29 is 9.47 Å². The molecular formula is C48H28N2O2. The van der Waals surface area contributed by atoms with Crippen LogP contribution in [-0.2, 0) is 0 Å². The van der Waals surface area contributed by atoms with Crippen molar-refractivity contribution in [1.82, 2.24) is 9.13 Å². The Hall–Kier alpha value is -7.04. The van der Waals surface area contributed by atoms with Crippen LogP contribution in [-0.4, -0.2) is 9.13 Å². The number of aromatic nitrogens is 2. The molecule has 0 amide bonds. The van der Waals surface area contributed by atoms with Crippen LogP contribution in [0.25, 0.3) is 88.4 Å². The van der Waals surface area contributed by atoms with Crippen LogP contribution in [0.4, 0.5) is 0 Å². The average molecular weight is 665 g/mol. The van der Waals surface area contributed by atoms with Crippen LogP contribution in [0.2, 0.25) is 0 Å². The van der Waals surface area contributed by atoms with E-state index in [0.29, 0.717) is 0 Å². The van der Waals surface area contributed by atoms with Gasteiger partial charge in [-0.05, 0) is 82.9 Å². The van der Waals surface area contributed by atoms with Crippen molar-refractivity contribution in [2.24, 2.45) is 0 Å². The third-order valence-corrected chi connectivity index (χ3v) is 10.9. The number of rotatable bonds is 3. The molecule has 0 spiro atoms. The number of ether oxygens (including phenoxy) is 2. The predicted octanol–water partition coefficient (Wildman–Crippen LogP) is 13.1. The Bertz CT molecular complexity index is 2900. The Morgan fingerprint density at radius 1 is 0.327 bits per heavy atom. The number of hydrogen-bond acceptors (Lipinski definition) is 2. The van der Waals surface area contributed by atoms with Gasteiger partial charge in [-0.15, -0.1) is 0 Å². The van der Waals surface area contributed by atoms with Gasteiger partial charge in [0.2, 0.25) is 0 Å². The second-order valence-corrected chi connectivity index (χ2v) is 13.7. The van der Waals surface area contributed by atoms with Gasteiger partial charge in [0.05, 0.1) is 33.4 Å². The third kappa shape index (κ3) is 3.70. The second kappa shape index (κ2) is 10.3. The third-order valence-electron chi connectivity index (χ3n) is 10.9. The van der Waals surface area contributed by atoms with Crippen LogP contribution in [0, 0.1) is 0 Å². The fraction of sp³-hybridized carbons (Fsp3) is 0. The van der Waals surface area contributed by atoms with Gasteiger partial charge < -0.3 is 18.6 Å². The van der Waals surface area contributed by atoms with Gasteiger partial charge >= 0.3 is 0 Å². The molecule has 4 heterocycles. The zero-order valence-corrected chi connectivity index (χ0v) is 27.9. The highest BCUT2D eigenvalue weighted by Gasteiger charge is 2.28. The molecule has 0 unspecified atom stereocenters. The first kappa shape index (κ1) is 27.7. The molecule has 0 radical (unpaired) electrons. The minimum atomic E-state index is 0.862. The summed E-state index contributed by atoms with van der Waals surface area (Å²) in [6, 6.07) is 60.4. The monoisotopic (exact) mass is 664 g/mol. The average Bonchev–Trinajstić information content (AvgIpc) is 3.73. The largest absolute Gasteiger partial charge is 0.452 e. The predicted molar refractivity (Wildman–Crippen MR) is 212 cm³/mol. The van der Waals surface area contributed by atoms with Crippen molar-refractivity contribution in [3.63, 3.8) is 0 Å². The molecule has 0 saturated heterocycles. The summed E-state index contributed by atoms with van der Waals surface area (Å²) in [6.45, 7) is 0. The number of fused-ring (bicyclic) bond motifs is 10. The van der Waals surface area contributed by atoms with E-state index in [0.717, 1.165) is 78.7 Å². The van der Waals surface area contributed by atoms with Crippen LogP contribution in [0.1, 0.15) is 0 Å². The maximum atomic E-state index is 6.72. The number of para-hydroxylation sites is 4. The smallest absolute Gasteiger partial charge is 0.160 e. The van der Waals surface area contributed by atoms with E-state index in [9.17, 15) is 0 Å². The van der Waals surface area contributed by atoms with E-state index in [1.165, 1.54) is 32.7 Å². The highest BCUT2D eigenvalue weighted by Crippen LogP contribution is 2.52. The molecule has 4 heteroatoms. The van der Waals surface area contributed by atoms with Crippen molar-refractivity contribution in [3.8, 4) is 67.8 Å². The lowest BCUT2D eigenvalue weighted by atomic mass is 9.98. The summed E-state index contributed by atoms with van der Waals surface area (Å²) in [5.41, 5.74) is 13.4. The Labute approximate surface area is 298 Å². The Morgan fingerprint density at radius 3 is 1.21 bits per heavy atom. The minimum absolute atomic E-state index is 0.862. The molecule has 0 atom stereocenters. The highest BCUT2D eigenvalue weighted by atomic mass is 16.5. The molecule has 2 aromatic heterocycles. The molecule has 0 saturated carbocycles. The van der Waals surface area contributed by atoms with Crippen LogP contribution in [0.3, 0.4) is 0 Å². The number of nitrogens with zero attached hydrogens (tertiary/aromatic N) is 2. The first-order chi connectivity index (χ1) is 25.8. The molecule has 0 aliphatic carbocycles. The Morgan fingerprint density at radius 2 is 0.750 bits per heavy atom. The van der Waals surface area contributed by atoms with Crippen LogP contribution < -0.4 is 9.47 Å². The summed E-state index contributed by atoms with van der Waals surface area (Å²) in [7, 11) is 0. The van der Waals surface area contributed by atoms with E-state index in [4.69, 9.17) is 9.47 Å². The van der Waals surface area contributed by atoms with Gasteiger partial charge in [0.1, 0.15) is 0 Å². The van der Waals surface area contributed by atoms with E-state index in [-0.39, 0.29) is 0 Å². The molecule has 8 aromatic carbocycles. The van der Waals surface area contributed by atoms with Gasteiger partial charge in [0, 0.05) is 32.7 Å². The van der Waals surface area contributed by atoms with E-state index in [1.807, 2.05) is 12.1 Å². The lowest BCUT2D eigenvalue weighted by Gasteiger charge is -2.23. The molecule has 0 N–H and O–H groups in total. The minimum Gasteiger partial charge on any atom is -0.452 e. The molecule has 10 aromatic rings. The summed E-state index contributed by atoms with van der Waals surface area (Å²) in [5.74, 6) is 3.52. The zero-order valence-electron chi connectivity index (χ0n) is 27.9. The maximum absolute atomic E-state index is 6.72. The summed E-state index contributed by atoms with van der Waals surface area (Å²) >= 11 is 0. The number of hydrogen-bond donors (Lipinski definition) is 0. The maximum Gasteiger partial charge on any atom is 0.160 e. The first-order valence-corrected chi connectivity index (χ1v) is 17.7. The Kier molecular flexibility index (Phi) is 5.47. The molecular weight excluding hydrogens is 637 g/mol. The van der Waals surface area contributed by atoms with Gasteiger partial charge in [0.25, 0.3) is 0 Å². The molecule has 12 rings (SSSR count). The quantitative estimate of drug-likeness (QED) is 0.188. The van der Waals surface area contributed by atoms with Gasteiger partial charge in [-0.25, -0.2) is 0 Å². The Balaban J connectivity index is 1.09. The van der Waals surface area contributed by atoms with Crippen LogP contribution in [0.15, 0.2) is 170 Å². The van der Waals surface area contributed by atoms with Crippen molar-refractivity contribution in [1.29, 1.82) is 0 Å². The normalized spacial score (nSPS) is 12.5. The standard InChI is InChI=1S/C48H28N2O2/c1-3-11-29(12-4-1)33-21-23-35-37-27-31(19-25-39(37)49-41-15-7-9-17-43(41)51-47(33)45(35)49)32-20-26-40-38(28-32)36-24-22-34(30-13-5-2-6-14-30)48-46(36)50(40)42-16-8-10-18-44(42)52-48/h1-28H. The lowest BCUT2D eigenvalue weighted by molar-refractivity contribution is 0.478. The van der Waals surface area contributed by atoms with Gasteiger partial charge in [-0.3, -0.25) is 0 Å². The summed E-state index contributed by atoms with van der Waals surface area (Å²) in [4.78, 5) is 0. The molecule has 0 bridgehead atoms. The molecule has 242 valence electrons. The molecule has 0 fully saturated rings. The van der Waals surface area contributed by atoms with Crippen molar-refractivity contribution >= 4 is 43.6 Å². The summed E-state index contributed by atoms with van der Waals surface area (Å²) < 4.78 is 18.2. The molecule has 4 nitrogen and oxygen atoms in total. The van der Waals surface area contributed by atoms with Gasteiger partial charge in [0.15, 0.2) is 23.0 Å². The SMILES string of the molecule is c1ccc(-c2ccc3c4cc(-c5ccc6c(c5)c5ccc(-c7ccccc7)c7c5n6-c5ccccc5O7)ccc4n4c3c2Oc2ccccc2-4)cc1. The first-order valence-electron chi connectivity index (χ1n) is 17.7. The van der Waals surface area contributed by atoms with Crippen LogP contribution in [0.5, 0.6) is 23.0 Å². The number of benzene rings is 8. The van der Waals surface area contributed by atoms with Gasteiger partial charge in [-0.1, -0.05) is 109 Å². The van der Waals surface area contributed by atoms with E-state index < -0.39 is 0 Å². The summed E-state index contributed by atoms with van der Waals surface area (Å²) in [5, 5.41) is 4.75. The van der Waals surface area contributed by atoms with E-state index in [2.05, 4.69) is 167 Å². The highest BCUT2D eigenvalue weighted by molar-refractivity contribution is 6.17. The summed E-state index contributed by atoms with van der Waals surface area (Å²) in [6.07, 6.45) is 0. The fourth-order valence-electron chi connectivity index (χ4n) is 8.59. The lowest BCUT2D eigenvalue weighted by Crippen LogP contribution is -2.05. The topological polar surface area (TPSA) is 28.3 Å². The van der Waals surface area contributed by atoms with Crippen LogP contribution >= 0.6 is 0 Å². The van der Waals surface area contributed by atoms with E-state index >= 15 is 0 Å².